The first kappa shape index (κ1) is 21.2. The molecule has 1 aliphatic carbocycles. The van der Waals surface area contributed by atoms with Gasteiger partial charge in [-0.25, -0.2) is 4.98 Å². The van der Waals surface area contributed by atoms with Gasteiger partial charge in [0.2, 0.25) is 0 Å². The topological polar surface area (TPSA) is 58.5 Å². The van der Waals surface area contributed by atoms with Crippen LogP contribution in [-0.4, -0.2) is 44.3 Å². The van der Waals surface area contributed by atoms with Crippen LogP contribution in [0.4, 0.5) is 0 Å². The van der Waals surface area contributed by atoms with Crippen molar-refractivity contribution in [1.29, 1.82) is 0 Å². The van der Waals surface area contributed by atoms with Crippen molar-refractivity contribution in [3.63, 3.8) is 0 Å². The Labute approximate surface area is 163 Å². The van der Waals surface area contributed by atoms with E-state index in [1.54, 1.807) is 11.3 Å². The van der Waals surface area contributed by atoms with E-state index in [1.165, 1.54) is 36.4 Å². The predicted octanol–water partition coefficient (Wildman–Crippen LogP) is 3.96. The van der Waals surface area contributed by atoms with Crippen molar-refractivity contribution in [3.8, 4) is 0 Å². The van der Waals surface area contributed by atoms with Crippen molar-refractivity contribution in [2.75, 3.05) is 33.4 Å². The number of nitrogens with zero attached hydrogens (tertiary/aromatic N) is 2. The fourth-order valence-electron chi connectivity index (χ4n) is 3.58. The summed E-state index contributed by atoms with van der Waals surface area (Å²) in [7, 11) is 1.84. The summed E-state index contributed by atoms with van der Waals surface area (Å²) >= 11 is 1.76. The van der Waals surface area contributed by atoms with E-state index >= 15 is 0 Å². The Morgan fingerprint density at radius 1 is 1.35 bits per heavy atom. The Morgan fingerprint density at radius 3 is 2.73 bits per heavy atom. The maximum Gasteiger partial charge on any atom is 0.191 e. The first-order valence-corrected chi connectivity index (χ1v) is 10.9. The van der Waals surface area contributed by atoms with Crippen LogP contribution in [0.3, 0.4) is 0 Å². The molecule has 2 rings (SSSR count). The minimum absolute atomic E-state index is 0.369. The SMILES string of the molecule is CCOCCC1(CNC(=NC)NCCc2csc(C(C)C)n2)CCCC1. The van der Waals surface area contributed by atoms with Crippen LogP contribution in [0.2, 0.25) is 0 Å². The highest BCUT2D eigenvalue weighted by atomic mass is 32.1. The lowest BCUT2D eigenvalue weighted by Crippen LogP contribution is -2.44. The number of hydrogen-bond donors (Lipinski definition) is 2. The maximum atomic E-state index is 5.61. The molecule has 1 heterocycles. The van der Waals surface area contributed by atoms with Crippen LogP contribution in [-0.2, 0) is 11.2 Å². The number of ether oxygens (including phenoxy) is 1. The second-order valence-corrected chi connectivity index (χ2v) is 8.48. The molecule has 0 bridgehead atoms. The Morgan fingerprint density at radius 2 is 2.12 bits per heavy atom. The summed E-state index contributed by atoms with van der Waals surface area (Å²) in [4.78, 5) is 9.09. The number of nitrogens with one attached hydrogen (secondary N) is 2. The first-order chi connectivity index (χ1) is 12.6. The van der Waals surface area contributed by atoms with Gasteiger partial charge in [-0.15, -0.1) is 11.3 Å². The molecular weight excluding hydrogens is 344 g/mol. The summed E-state index contributed by atoms with van der Waals surface area (Å²) in [5.41, 5.74) is 1.54. The standard InChI is InChI=1S/C20H36N4OS/c1-5-25-13-11-20(9-6-7-10-20)15-23-19(21-4)22-12-8-17-14-26-18(24-17)16(2)3/h14,16H,5-13,15H2,1-4H3,(H2,21,22,23). The molecule has 6 heteroatoms. The largest absolute Gasteiger partial charge is 0.382 e. The van der Waals surface area contributed by atoms with E-state index in [1.807, 2.05) is 7.05 Å². The molecule has 26 heavy (non-hydrogen) atoms. The van der Waals surface area contributed by atoms with Gasteiger partial charge in [-0.05, 0) is 31.6 Å². The highest BCUT2D eigenvalue weighted by Crippen LogP contribution is 2.40. The Kier molecular flexibility index (Phi) is 8.85. The highest BCUT2D eigenvalue weighted by molar-refractivity contribution is 7.09. The zero-order valence-electron chi connectivity index (χ0n) is 16.9. The molecule has 0 aliphatic heterocycles. The first-order valence-electron chi connectivity index (χ1n) is 10.0. The van der Waals surface area contributed by atoms with Crippen LogP contribution in [0, 0.1) is 5.41 Å². The molecule has 0 radical (unpaired) electrons. The van der Waals surface area contributed by atoms with Crippen LogP contribution in [0.1, 0.15) is 69.5 Å². The summed E-state index contributed by atoms with van der Waals surface area (Å²) in [6.45, 7) is 9.96. The van der Waals surface area contributed by atoms with E-state index in [0.717, 1.165) is 45.1 Å². The van der Waals surface area contributed by atoms with Crippen molar-refractivity contribution in [1.82, 2.24) is 15.6 Å². The highest BCUT2D eigenvalue weighted by Gasteiger charge is 2.33. The molecule has 1 aromatic heterocycles. The molecular formula is C20H36N4OS. The van der Waals surface area contributed by atoms with Crippen molar-refractivity contribution in [3.05, 3.63) is 16.1 Å². The van der Waals surface area contributed by atoms with Crippen molar-refractivity contribution in [2.45, 2.75) is 65.2 Å². The Hall–Kier alpha value is -1.14. The lowest BCUT2D eigenvalue weighted by Gasteiger charge is -2.30. The lowest BCUT2D eigenvalue weighted by atomic mass is 9.83. The van der Waals surface area contributed by atoms with Gasteiger partial charge in [-0.1, -0.05) is 26.7 Å². The molecule has 5 nitrogen and oxygen atoms in total. The van der Waals surface area contributed by atoms with Gasteiger partial charge >= 0.3 is 0 Å². The molecule has 1 saturated carbocycles. The molecule has 0 aromatic carbocycles. The van der Waals surface area contributed by atoms with Crippen molar-refractivity contribution < 1.29 is 4.74 Å². The number of hydrogen-bond acceptors (Lipinski definition) is 4. The Bertz CT molecular complexity index is 550. The lowest BCUT2D eigenvalue weighted by molar-refractivity contribution is 0.105. The summed E-state index contributed by atoms with van der Waals surface area (Å²) in [6, 6.07) is 0. The summed E-state index contributed by atoms with van der Waals surface area (Å²) < 4.78 is 5.61. The zero-order chi connectivity index (χ0) is 18.8. The number of aromatic nitrogens is 1. The van der Waals surface area contributed by atoms with Crippen LogP contribution in [0.5, 0.6) is 0 Å². The molecule has 1 aromatic rings. The van der Waals surface area contributed by atoms with Crippen LogP contribution < -0.4 is 10.6 Å². The van der Waals surface area contributed by atoms with Crippen molar-refractivity contribution >= 4 is 17.3 Å². The van der Waals surface area contributed by atoms with Gasteiger partial charge in [0.05, 0.1) is 10.7 Å². The smallest absolute Gasteiger partial charge is 0.191 e. The van der Waals surface area contributed by atoms with E-state index in [0.29, 0.717) is 11.3 Å². The predicted molar refractivity (Wildman–Crippen MR) is 111 cm³/mol. The maximum absolute atomic E-state index is 5.61. The molecule has 1 aliphatic rings. The zero-order valence-corrected chi connectivity index (χ0v) is 17.8. The van der Waals surface area contributed by atoms with Crippen molar-refractivity contribution in [2.24, 2.45) is 10.4 Å². The van der Waals surface area contributed by atoms with E-state index in [9.17, 15) is 0 Å². The van der Waals surface area contributed by atoms with Gasteiger partial charge in [0.25, 0.3) is 0 Å². The fraction of sp³-hybridized carbons (Fsp3) is 0.800. The molecule has 0 amide bonds. The van der Waals surface area contributed by atoms with E-state index in [4.69, 9.17) is 9.72 Å². The third-order valence-corrected chi connectivity index (χ3v) is 6.43. The van der Waals surface area contributed by atoms with Gasteiger partial charge in [0.15, 0.2) is 5.96 Å². The van der Waals surface area contributed by atoms with Gasteiger partial charge in [0.1, 0.15) is 0 Å². The average molecular weight is 381 g/mol. The summed E-state index contributed by atoms with van der Waals surface area (Å²) in [6.07, 6.45) is 7.33. The van der Waals surface area contributed by atoms with Crippen LogP contribution >= 0.6 is 11.3 Å². The van der Waals surface area contributed by atoms with Crippen LogP contribution in [0.25, 0.3) is 0 Å². The van der Waals surface area contributed by atoms with E-state index in [-0.39, 0.29) is 0 Å². The molecule has 2 N–H and O–H groups in total. The molecule has 1 fully saturated rings. The second kappa shape index (κ2) is 10.9. The number of thiazole rings is 1. The average Bonchev–Trinajstić information content (AvgIpc) is 3.28. The third-order valence-electron chi connectivity index (χ3n) is 5.24. The molecule has 0 unspecified atom stereocenters. The van der Waals surface area contributed by atoms with Gasteiger partial charge in [-0.3, -0.25) is 4.99 Å². The molecule has 0 spiro atoms. The quantitative estimate of drug-likeness (QED) is 0.366. The third kappa shape index (κ3) is 6.54. The van der Waals surface area contributed by atoms with Gasteiger partial charge in [0, 0.05) is 51.1 Å². The van der Waals surface area contributed by atoms with Gasteiger partial charge < -0.3 is 15.4 Å². The van der Waals surface area contributed by atoms with Gasteiger partial charge in [-0.2, -0.15) is 0 Å². The number of rotatable bonds is 10. The molecule has 0 saturated heterocycles. The van der Waals surface area contributed by atoms with E-state index < -0.39 is 0 Å². The second-order valence-electron chi connectivity index (χ2n) is 7.59. The number of guanidine groups is 1. The minimum atomic E-state index is 0.369. The Balaban J connectivity index is 1.75. The minimum Gasteiger partial charge on any atom is -0.382 e. The normalized spacial score (nSPS) is 17.0. The monoisotopic (exact) mass is 380 g/mol. The summed E-state index contributed by atoms with van der Waals surface area (Å²) in [5.74, 6) is 1.41. The number of aliphatic imine (C=N–C) groups is 1. The van der Waals surface area contributed by atoms with E-state index in [2.05, 4.69) is 41.8 Å². The summed E-state index contributed by atoms with van der Waals surface area (Å²) in [5, 5.41) is 10.4. The fourth-order valence-corrected chi connectivity index (χ4v) is 4.45. The molecule has 148 valence electrons. The van der Waals surface area contributed by atoms with Crippen LogP contribution in [0.15, 0.2) is 10.4 Å². The molecule has 0 atom stereocenters.